The molecule has 190 valence electrons. The molecule has 1 fully saturated rings. The van der Waals surface area contributed by atoms with Gasteiger partial charge in [0.25, 0.3) is 0 Å². The van der Waals surface area contributed by atoms with Crippen LogP contribution in [-0.4, -0.2) is 24.8 Å². The molecular weight excluding hydrogens is 579 g/mol. The summed E-state index contributed by atoms with van der Waals surface area (Å²) >= 11 is 9.03. The average Bonchev–Trinajstić information content (AvgIpc) is 3.45. The summed E-state index contributed by atoms with van der Waals surface area (Å²) in [7, 11) is -3.43. The van der Waals surface area contributed by atoms with Crippen molar-refractivity contribution in [2.45, 2.75) is 19.0 Å². The minimum absolute atomic E-state index is 0.343. The van der Waals surface area contributed by atoms with Gasteiger partial charge in [-0.15, -0.1) is 0 Å². The number of hydrogen-bond donors (Lipinski definition) is 2. The second kappa shape index (κ2) is 9.88. The van der Waals surface area contributed by atoms with Crippen LogP contribution in [0.25, 0.3) is 11.3 Å². The number of benzene rings is 2. The van der Waals surface area contributed by atoms with E-state index in [1.54, 1.807) is 36.5 Å². The molecule has 2 aromatic carbocycles. The quantitative estimate of drug-likeness (QED) is 0.258. The molecule has 7 nitrogen and oxygen atoms in total. The highest BCUT2D eigenvalue weighted by Gasteiger charge is 2.42. The standard InChI is InChI=1S/C26H22BrFN4O3S2/c1-15-13-17(7-9-20(15)31-37(2,33)34)32-25(24(30-26(32)36)21-5-3-4-12-29-21)23-11-10-22(35-23)18-8-6-16(27)14-19(18)28/h3-14,24-25,31H,1-2H3,(H,30,36)/t24-,25-/m0/s1. The van der Waals surface area contributed by atoms with E-state index in [0.29, 0.717) is 32.4 Å². The molecule has 0 aliphatic carbocycles. The molecule has 3 heterocycles. The first-order chi connectivity index (χ1) is 17.6. The zero-order chi connectivity index (χ0) is 26.3. The average molecular weight is 602 g/mol. The van der Waals surface area contributed by atoms with Gasteiger partial charge in [0.05, 0.1) is 29.2 Å². The van der Waals surface area contributed by atoms with Gasteiger partial charge in [0.2, 0.25) is 10.0 Å². The number of sulfonamides is 1. The van der Waals surface area contributed by atoms with Crippen molar-refractivity contribution in [3.05, 3.63) is 100 Å². The lowest BCUT2D eigenvalue weighted by Gasteiger charge is -2.26. The summed E-state index contributed by atoms with van der Waals surface area (Å²) < 4.78 is 47.6. The van der Waals surface area contributed by atoms with Crippen molar-refractivity contribution in [1.29, 1.82) is 0 Å². The SMILES string of the molecule is Cc1cc(N2C(=S)N[C@@H](c3ccccn3)[C@@H]2c2ccc(-c3ccc(Br)cc3F)o2)ccc1NS(C)(=O)=O. The van der Waals surface area contributed by atoms with Gasteiger partial charge in [0.15, 0.2) is 5.11 Å². The lowest BCUT2D eigenvalue weighted by Crippen LogP contribution is -2.29. The van der Waals surface area contributed by atoms with Crippen LogP contribution in [0.15, 0.2) is 81.8 Å². The molecule has 37 heavy (non-hydrogen) atoms. The topological polar surface area (TPSA) is 87.5 Å². The lowest BCUT2D eigenvalue weighted by atomic mass is 10.0. The fraction of sp³-hybridized carbons (Fsp3) is 0.154. The van der Waals surface area contributed by atoms with Gasteiger partial charge >= 0.3 is 0 Å². The molecule has 11 heteroatoms. The van der Waals surface area contributed by atoms with Gasteiger partial charge in [0.1, 0.15) is 23.4 Å². The molecule has 1 saturated heterocycles. The first-order valence-electron chi connectivity index (χ1n) is 11.2. The van der Waals surface area contributed by atoms with E-state index in [0.717, 1.165) is 23.2 Å². The Morgan fingerprint density at radius 3 is 2.62 bits per heavy atom. The second-order valence-electron chi connectivity index (χ2n) is 8.70. The van der Waals surface area contributed by atoms with Crippen molar-refractivity contribution in [3.63, 3.8) is 0 Å². The fourth-order valence-corrected chi connectivity index (χ4v) is 5.69. The molecular formula is C26H22BrFN4O3S2. The van der Waals surface area contributed by atoms with Gasteiger partial charge in [-0.05, 0) is 85.4 Å². The Morgan fingerprint density at radius 1 is 1.14 bits per heavy atom. The number of aromatic nitrogens is 1. The number of pyridine rings is 1. The number of anilines is 2. The maximum Gasteiger partial charge on any atom is 0.229 e. The van der Waals surface area contributed by atoms with E-state index in [-0.39, 0.29) is 6.04 Å². The number of aryl methyl sites for hydroxylation is 1. The Bertz CT molecular complexity index is 1590. The Kier molecular flexibility index (Phi) is 6.78. The van der Waals surface area contributed by atoms with Gasteiger partial charge in [-0.1, -0.05) is 22.0 Å². The summed E-state index contributed by atoms with van der Waals surface area (Å²) in [5, 5.41) is 3.81. The third kappa shape index (κ3) is 5.25. The summed E-state index contributed by atoms with van der Waals surface area (Å²) in [5.74, 6) is 0.552. The maximum atomic E-state index is 14.7. The Balaban J connectivity index is 1.59. The van der Waals surface area contributed by atoms with Crippen molar-refractivity contribution in [1.82, 2.24) is 10.3 Å². The maximum absolute atomic E-state index is 14.7. The zero-order valence-electron chi connectivity index (χ0n) is 19.8. The van der Waals surface area contributed by atoms with Crippen molar-refractivity contribution in [2.24, 2.45) is 0 Å². The predicted molar refractivity (Wildman–Crippen MR) is 149 cm³/mol. The third-order valence-corrected chi connectivity index (χ3v) is 7.39. The number of rotatable bonds is 6. The molecule has 0 radical (unpaired) electrons. The normalized spacial score (nSPS) is 17.6. The number of furan rings is 1. The van der Waals surface area contributed by atoms with Gasteiger partial charge in [-0.25, -0.2) is 12.8 Å². The Morgan fingerprint density at radius 2 is 1.95 bits per heavy atom. The molecule has 5 rings (SSSR count). The number of nitrogens with one attached hydrogen (secondary N) is 2. The summed E-state index contributed by atoms with van der Waals surface area (Å²) in [6.45, 7) is 1.82. The summed E-state index contributed by atoms with van der Waals surface area (Å²) in [4.78, 5) is 6.44. The molecule has 0 saturated carbocycles. The van der Waals surface area contributed by atoms with Crippen molar-refractivity contribution >= 4 is 54.7 Å². The van der Waals surface area contributed by atoms with Crippen LogP contribution in [0.3, 0.4) is 0 Å². The summed E-state index contributed by atoms with van der Waals surface area (Å²) in [5.41, 5.74) is 3.05. The van der Waals surface area contributed by atoms with E-state index in [1.807, 2.05) is 42.2 Å². The molecule has 0 amide bonds. The summed E-state index contributed by atoms with van der Waals surface area (Å²) in [6.07, 6.45) is 2.82. The Labute approximate surface area is 227 Å². The van der Waals surface area contributed by atoms with Gasteiger partial charge in [0, 0.05) is 16.4 Å². The van der Waals surface area contributed by atoms with Crippen LogP contribution in [0.5, 0.6) is 0 Å². The second-order valence-corrected chi connectivity index (χ2v) is 11.7. The molecule has 0 unspecified atom stereocenters. The molecule has 0 bridgehead atoms. The van der Waals surface area contributed by atoms with E-state index in [2.05, 4.69) is 31.0 Å². The number of thiocarbonyl (C=S) groups is 1. The minimum atomic E-state index is -3.43. The smallest absolute Gasteiger partial charge is 0.229 e. The van der Waals surface area contributed by atoms with Crippen molar-refractivity contribution < 1.29 is 17.2 Å². The van der Waals surface area contributed by atoms with E-state index in [4.69, 9.17) is 16.6 Å². The van der Waals surface area contributed by atoms with Crippen LogP contribution >= 0.6 is 28.1 Å². The molecule has 2 atom stereocenters. The lowest BCUT2D eigenvalue weighted by molar-refractivity contribution is 0.438. The molecule has 4 aromatic rings. The zero-order valence-corrected chi connectivity index (χ0v) is 23.0. The fourth-order valence-electron chi connectivity index (χ4n) is 4.38. The molecule has 1 aliphatic heterocycles. The third-order valence-electron chi connectivity index (χ3n) is 6.00. The van der Waals surface area contributed by atoms with E-state index < -0.39 is 21.9 Å². The van der Waals surface area contributed by atoms with Crippen molar-refractivity contribution in [3.8, 4) is 11.3 Å². The van der Waals surface area contributed by atoms with Crippen LogP contribution < -0.4 is 14.9 Å². The first-order valence-corrected chi connectivity index (χ1v) is 14.3. The highest BCUT2D eigenvalue weighted by Crippen LogP contribution is 2.43. The van der Waals surface area contributed by atoms with Gasteiger partial charge in [-0.3, -0.25) is 9.71 Å². The molecule has 2 N–H and O–H groups in total. The summed E-state index contributed by atoms with van der Waals surface area (Å²) in [6, 6.07) is 18.5. The van der Waals surface area contributed by atoms with Crippen LogP contribution in [0.2, 0.25) is 0 Å². The largest absolute Gasteiger partial charge is 0.459 e. The van der Waals surface area contributed by atoms with E-state index in [1.165, 1.54) is 6.07 Å². The highest BCUT2D eigenvalue weighted by atomic mass is 79.9. The van der Waals surface area contributed by atoms with E-state index >= 15 is 0 Å². The van der Waals surface area contributed by atoms with E-state index in [9.17, 15) is 12.8 Å². The molecule has 1 aliphatic rings. The minimum Gasteiger partial charge on any atom is -0.459 e. The first kappa shape index (κ1) is 25.4. The van der Waals surface area contributed by atoms with Crippen molar-refractivity contribution in [2.75, 3.05) is 15.9 Å². The van der Waals surface area contributed by atoms with Gasteiger partial charge < -0.3 is 14.6 Å². The van der Waals surface area contributed by atoms with Crippen LogP contribution in [0.1, 0.15) is 29.1 Å². The highest BCUT2D eigenvalue weighted by molar-refractivity contribution is 9.10. The van der Waals surface area contributed by atoms with Crippen LogP contribution in [0.4, 0.5) is 15.8 Å². The van der Waals surface area contributed by atoms with Crippen LogP contribution in [-0.2, 0) is 10.0 Å². The molecule has 0 spiro atoms. The number of hydrogen-bond acceptors (Lipinski definition) is 5. The van der Waals surface area contributed by atoms with Crippen LogP contribution in [0, 0.1) is 12.7 Å². The monoisotopic (exact) mass is 600 g/mol. The predicted octanol–water partition coefficient (Wildman–Crippen LogP) is 6.10. The van der Waals surface area contributed by atoms with Gasteiger partial charge in [-0.2, -0.15) is 0 Å². The number of halogens is 2. The number of nitrogens with zero attached hydrogens (tertiary/aromatic N) is 2. The Hall–Kier alpha value is -3.28. The molecule has 2 aromatic heterocycles.